The molecule has 1 aliphatic heterocycles. The molecule has 1 saturated heterocycles. The van der Waals surface area contributed by atoms with Gasteiger partial charge in [-0.05, 0) is 50.9 Å². The Balaban J connectivity index is 0.00000264. The van der Waals surface area contributed by atoms with Gasteiger partial charge in [0.25, 0.3) is 0 Å². The van der Waals surface area contributed by atoms with Gasteiger partial charge >= 0.3 is 0 Å². The minimum atomic E-state index is 0. The Kier molecular flexibility index (Phi) is 10.3. The molecule has 5 heteroatoms. The van der Waals surface area contributed by atoms with Gasteiger partial charge in [-0.2, -0.15) is 0 Å². The van der Waals surface area contributed by atoms with Crippen molar-refractivity contribution in [1.29, 1.82) is 0 Å². The summed E-state index contributed by atoms with van der Waals surface area (Å²) < 4.78 is 0. The predicted molar refractivity (Wildman–Crippen MR) is 110 cm³/mol. The van der Waals surface area contributed by atoms with Crippen molar-refractivity contribution in [3.8, 4) is 0 Å². The van der Waals surface area contributed by atoms with E-state index in [1.165, 1.54) is 50.9 Å². The van der Waals surface area contributed by atoms with E-state index >= 15 is 0 Å². The van der Waals surface area contributed by atoms with Crippen molar-refractivity contribution >= 4 is 29.9 Å². The van der Waals surface area contributed by atoms with Crippen molar-refractivity contribution in [3.05, 3.63) is 35.9 Å². The van der Waals surface area contributed by atoms with E-state index in [-0.39, 0.29) is 24.0 Å². The molecule has 23 heavy (non-hydrogen) atoms. The van der Waals surface area contributed by atoms with E-state index < -0.39 is 0 Å². The number of nitrogens with zero attached hydrogens (tertiary/aromatic N) is 3. The van der Waals surface area contributed by atoms with Crippen LogP contribution in [0.2, 0.25) is 0 Å². The molecule has 0 radical (unpaired) electrons. The van der Waals surface area contributed by atoms with Crippen molar-refractivity contribution in [3.63, 3.8) is 0 Å². The lowest BCUT2D eigenvalue weighted by Crippen LogP contribution is -2.39. The molecule has 1 aliphatic rings. The van der Waals surface area contributed by atoms with Gasteiger partial charge in [-0.25, -0.2) is 0 Å². The van der Waals surface area contributed by atoms with Crippen molar-refractivity contribution < 1.29 is 0 Å². The molecule has 0 amide bonds. The van der Waals surface area contributed by atoms with E-state index in [1.807, 2.05) is 7.05 Å². The lowest BCUT2D eigenvalue weighted by molar-refractivity contribution is 0.330. The molecular weight excluding hydrogens is 399 g/mol. The fourth-order valence-corrected chi connectivity index (χ4v) is 2.98. The van der Waals surface area contributed by atoms with Gasteiger partial charge in [-0.1, -0.05) is 30.3 Å². The topological polar surface area (TPSA) is 30.9 Å². The van der Waals surface area contributed by atoms with Gasteiger partial charge in [0.2, 0.25) is 0 Å². The predicted octanol–water partition coefficient (Wildman–Crippen LogP) is 3.19. The second-order valence-corrected chi connectivity index (χ2v) is 6.07. The van der Waals surface area contributed by atoms with Gasteiger partial charge in [0, 0.05) is 27.2 Å². The molecule has 130 valence electrons. The molecule has 1 N–H and O–H groups in total. The van der Waals surface area contributed by atoms with Crippen LogP contribution in [0.1, 0.15) is 31.2 Å². The van der Waals surface area contributed by atoms with E-state index in [4.69, 9.17) is 0 Å². The van der Waals surface area contributed by atoms with Gasteiger partial charge in [-0.3, -0.25) is 4.99 Å². The lowest BCUT2D eigenvalue weighted by Gasteiger charge is -2.22. The number of likely N-dealkylation sites (tertiary alicyclic amines) is 1. The van der Waals surface area contributed by atoms with E-state index in [9.17, 15) is 0 Å². The summed E-state index contributed by atoms with van der Waals surface area (Å²) in [5.41, 5.74) is 1.31. The molecule has 4 nitrogen and oxygen atoms in total. The minimum absolute atomic E-state index is 0. The van der Waals surface area contributed by atoms with Crippen LogP contribution in [0.5, 0.6) is 0 Å². The Morgan fingerprint density at radius 3 is 2.52 bits per heavy atom. The van der Waals surface area contributed by atoms with Crippen LogP contribution in [0.25, 0.3) is 0 Å². The summed E-state index contributed by atoms with van der Waals surface area (Å²) in [6.07, 6.45) is 5.24. The van der Waals surface area contributed by atoms with Gasteiger partial charge in [-0.15, -0.1) is 24.0 Å². The van der Waals surface area contributed by atoms with Crippen molar-refractivity contribution in [2.45, 2.75) is 32.2 Å². The second-order valence-electron chi connectivity index (χ2n) is 6.07. The third-order valence-electron chi connectivity index (χ3n) is 4.22. The summed E-state index contributed by atoms with van der Waals surface area (Å²) in [5.74, 6) is 0.977. The number of guanidine groups is 1. The van der Waals surface area contributed by atoms with Crippen LogP contribution >= 0.6 is 24.0 Å². The molecule has 0 unspecified atom stereocenters. The Morgan fingerprint density at radius 2 is 1.87 bits per heavy atom. The molecular formula is C18H31IN4. The van der Waals surface area contributed by atoms with Crippen molar-refractivity contribution in [2.75, 3.05) is 40.3 Å². The summed E-state index contributed by atoms with van der Waals surface area (Å²) in [7, 11) is 3.95. The molecule has 1 heterocycles. The lowest BCUT2D eigenvalue weighted by atomic mass is 10.2. The summed E-state index contributed by atoms with van der Waals surface area (Å²) >= 11 is 0. The minimum Gasteiger partial charge on any atom is -0.356 e. The molecule has 0 spiro atoms. The summed E-state index contributed by atoms with van der Waals surface area (Å²) in [5, 5.41) is 3.47. The SMILES string of the molecule is CN=C(NCCCCN1CCCC1)N(C)Cc1ccccc1.I. The number of rotatable bonds is 7. The molecule has 0 atom stereocenters. The van der Waals surface area contributed by atoms with E-state index in [0.29, 0.717) is 0 Å². The largest absolute Gasteiger partial charge is 0.356 e. The highest BCUT2D eigenvalue weighted by molar-refractivity contribution is 14.0. The van der Waals surface area contributed by atoms with Crippen molar-refractivity contribution in [1.82, 2.24) is 15.1 Å². The summed E-state index contributed by atoms with van der Waals surface area (Å²) in [4.78, 5) is 9.14. The zero-order valence-electron chi connectivity index (χ0n) is 14.5. The number of halogens is 1. The maximum atomic E-state index is 4.38. The maximum absolute atomic E-state index is 4.38. The second kappa shape index (κ2) is 11.7. The Hall–Kier alpha value is -0.820. The van der Waals surface area contributed by atoms with E-state index in [1.54, 1.807) is 0 Å². The smallest absolute Gasteiger partial charge is 0.193 e. The highest BCUT2D eigenvalue weighted by atomic mass is 127. The first-order valence-electron chi connectivity index (χ1n) is 8.47. The molecule has 1 aromatic rings. The number of hydrogen-bond donors (Lipinski definition) is 1. The molecule has 0 aliphatic carbocycles. The van der Waals surface area contributed by atoms with Gasteiger partial charge < -0.3 is 15.1 Å². The van der Waals surface area contributed by atoms with E-state index in [0.717, 1.165) is 19.0 Å². The number of hydrogen-bond acceptors (Lipinski definition) is 2. The zero-order valence-corrected chi connectivity index (χ0v) is 16.8. The molecule has 1 fully saturated rings. The summed E-state index contributed by atoms with van der Waals surface area (Å²) in [6, 6.07) is 10.5. The van der Waals surface area contributed by atoms with Crippen LogP contribution in [0, 0.1) is 0 Å². The van der Waals surface area contributed by atoms with Crippen LogP contribution in [-0.2, 0) is 6.54 Å². The van der Waals surface area contributed by atoms with Gasteiger partial charge in [0.1, 0.15) is 0 Å². The van der Waals surface area contributed by atoms with Crippen LogP contribution in [-0.4, -0.2) is 56.0 Å². The quantitative estimate of drug-likeness (QED) is 0.312. The van der Waals surface area contributed by atoms with Gasteiger partial charge in [0.15, 0.2) is 5.96 Å². The van der Waals surface area contributed by atoms with E-state index in [2.05, 4.69) is 57.5 Å². The van der Waals surface area contributed by atoms with Crippen LogP contribution in [0.3, 0.4) is 0 Å². The number of benzene rings is 1. The Bertz CT molecular complexity index is 444. The number of unbranched alkanes of at least 4 members (excludes halogenated alkanes) is 1. The fourth-order valence-electron chi connectivity index (χ4n) is 2.98. The monoisotopic (exact) mass is 430 g/mol. The standard InChI is InChI=1S/C18H30N4.HI/c1-19-18(21(2)16-17-10-4-3-5-11-17)20-12-6-7-13-22-14-8-9-15-22;/h3-5,10-11H,6-9,12-16H2,1-2H3,(H,19,20);1H. The van der Waals surface area contributed by atoms with Gasteiger partial charge in [0.05, 0.1) is 0 Å². The highest BCUT2D eigenvalue weighted by Gasteiger charge is 2.10. The molecule has 0 aromatic heterocycles. The zero-order chi connectivity index (χ0) is 15.6. The average molecular weight is 430 g/mol. The molecule has 0 bridgehead atoms. The third-order valence-corrected chi connectivity index (χ3v) is 4.22. The first kappa shape index (κ1) is 20.2. The first-order valence-corrected chi connectivity index (χ1v) is 8.47. The van der Waals surface area contributed by atoms with Crippen LogP contribution < -0.4 is 5.32 Å². The summed E-state index contributed by atoms with van der Waals surface area (Å²) in [6.45, 7) is 5.73. The number of nitrogens with one attached hydrogen (secondary N) is 1. The maximum Gasteiger partial charge on any atom is 0.193 e. The van der Waals surface area contributed by atoms with Crippen LogP contribution in [0.15, 0.2) is 35.3 Å². The normalized spacial score (nSPS) is 15.3. The third kappa shape index (κ3) is 7.52. The highest BCUT2D eigenvalue weighted by Crippen LogP contribution is 2.08. The average Bonchev–Trinajstić information content (AvgIpc) is 3.05. The fraction of sp³-hybridized carbons (Fsp3) is 0.611. The van der Waals surface area contributed by atoms with Crippen molar-refractivity contribution in [2.24, 2.45) is 4.99 Å². The first-order chi connectivity index (χ1) is 10.8. The molecule has 0 saturated carbocycles. The molecule has 2 rings (SSSR count). The number of aliphatic imine (C=N–C) groups is 1. The Labute approximate surface area is 158 Å². The Morgan fingerprint density at radius 1 is 1.17 bits per heavy atom. The van der Waals surface area contributed by atoms with Crippen LogP contribution in [0.4, 0.5) is 0 Å². The molecule has 1 aromatic carbocycles.